The Morgan fingerprint density at radius 3 is 2.71 bits per heavy atom. The Kier molecular flexibility index (Phi) is 4.29. The molecule has 0 amide bonds. The van der Waals surface area contributed by atoms with Crippen LogP contribution in [0.1, 0.15) is 18.2 Å². The van der Waals surface area contributed by atoms with Crippen LogP contribution in [0.4, 0.5) is 0 Å². The first-order valence-electron chi connectivity index (χ1n) is 6.56. The molecule has 2 aromatic rings. The molecular formula is C16H16N2O3. The Bertz CT molecular complexity index is 757. The number of rotatable bonds is 4. The van der Waals surface area contributed by atoms with Crippen molar-refractivity contribution in [2.45, 2.75) is 13.8 Å². The fourth-order valence-corrected chi connectivity index (χ4v) is 2.19. The van der Waals surface area contributed by atoms with E-state index in [0.717, 1.165) is 0 Å². The average molecular weight is 284 g/mol. The second-order valence-electron chi connectivity index (χ2n) is 4.45. The van der Waals surface area contributed by atoms with Gasteiger partial charge in [-0.15, -0.1) is 0 Å². The van der Waals surface area contributed by atoms with Crippen molar-refractivity contribution < 1.29 is 9.47 Å². The van der Waals surface area contributed by atoms with Crippen molar-refractivity contribution in [1.82, 2.24) is 4.98 Å². The van der Waals surface area contributed by atoms with Crippen molar-refractivity contribution in [1.29, 1.82) is 5.26 Å². The molecule has 0 radical (unpaired) electrons. The molecule has 21 heavy (non-hydrogen) atoms. The van der Waals surface area contributed by atoms with E-state index in [9.17, 15) is 10.1 Å². The molecule has 0 saturated carbocycles. The van der Waals surface area contributed by atoms with Gasteiger partial charge in [-0.2, -0.15) is 5.26 Å². The van der Waals surface area contributed by atoms with E-state index < -0.39 is 5.56 Å². The third-order valence-corrected chi connectivity index (χ3v) is 3.06. The van der Waals surface area contributed by atoms with Gasteiger partial charge in [0.05, 0.1) is 13.7 Å². The van der Waals surface area contributed by atoms with Crippen LogP contribution in [-0.4, -0.2) is 18.7 Å². The molecule has 0 fully saturated rings. The molecule has 5 nitrogen and oxygen atoms in total. The quantitative estimate of drug-likeness (QED) is 0.936. The molecule has 0 aliphatic carbocycles. The number of H-pyrrole nitrogens is 1. The second kappa shape index (κ2) is 6.14. The zero-order valence-corrected chi connectivity index (χ0v) is 12.2. The SMILES string of the molecule is CCOc1c(OC)cccc1-c1cc(C)[nH]c(=O)c1C#N. The highest BCUT2D eigenvalue weighted by atomic mass is 16.5. The maximum atomic E-state index is 11.9. The summed E-state index contributed by atoms with van der Waals surface area (Å²) in [6.07, 6.45) is 0. The van der Waals surface area contributed by atoms with Crippen molar-refractivity contribution in [3.05, 3.63) is 45.9 Å². The van der Waals surface area contributed by atoms with Crippen molar-refractivity contribution in [3.8, 4) is 28.7 Å². The summed E-state index contributed by atoms with van der Waals surface area (Å²) in [6.45, 7) is 4.09. The van der Waals surface area contributed by atoms with Crippen molar-refractivity contribution in [2.75, 3.05) is 13.7 Å². The normalized spacial score (nSPS) is 10.0. The average Bonchev–Trinajstić information content (AvgIpc) is 2.47. The van der Waals surface area contributed by atoms with Gasteiger partial charge in [0, 0.05) is 16.8 Å². The molecule has 1 heterocycles. The Hall–Kier alpha value is -2.74. The lowest BCUT2D eigenvalue weighted by Gasteiger charge is -2.15. The van der Waals surface area contributed by atoms with Gasteiger partial charge in [0.2, 0.25) is 0 Å². The monoisotopic (exact) mass is 284 g/mol. The molecule has 0 atom stereocenters. The third-order valence-electron chi connectivity index (χ3n) is 3.06. The lowest BCUT2D eigenvalue weighted by Crippen LogP contribution is -2.13. The summed E-state index contributed by atoms with van der Waals surface area (Å²) >= 11 is 0. The highest BCUT2D eigenvalue weighted by Crippen LogP contribution is 2.38. The first-order valence-corrected chi connectivity index (χ1v) is 6.56. The molecule has 0 spiro atoms. The summed E-state index contributed by atoms with van der Waals surface area (Å²) in [7, 11) is 1.55. The number of hydrogen-bond acceptors (Lipinski definition) is 4. The number of hydrogen-bond donors (Lipinski definition) is 1. The molecule has 0 aliphatic heterocycles. The lowest BCUT2D eigenvalue weighted by atomic mass is 9.99. The number of ether oxygens (including phenoxy) is 2. The van der Waals surface area contributed by atoms with Crippen LogP contribution in [0.25, 0.3) is 11.1 Å². The molecule has 0 aliphatic rings. The third kappa shape index (κ3) is 2.75. The van der Waals surface area contributed by atoms with Crippen LogP contribution < -0.4 is 15.0 Å². The van der Waals surface area contributed by atoms with Gasteiger partial charge in [-0.1, -0.05) is 12.1 Å². The first-order chi connectivity index (χ1) is 10.1. The minimum Gasteiger partial charge on any atom is -0.493 e. The number of methoxy groups -OCH3 is 1. The van der Waals surface area contributed by atoms with Gasteiger partial charge in [0.25, 0.3) is 5.56 Å². The van der Waals surface area contributed by atoms with Gasteiger partial charge < -0.3 is 14.5 Å². The molecule has 0 unspecified atom stereocenters. The summed E-state index contributed by atoms with van der Waals surface area (Å²) < 4.78 is 10.9. The van der Waals surface area contributed by atoms with Crippen molar-refractivity contribution in [3.63, 3.8) is 0 Å². The Labute approximate surface area is 122 Å². The largest absolute Gasteiger partial charge is 0.493 e. The predicted molar refractivity (Wildman–Crippen MR) is 79.7 cm³/mol. The van der Waals surface area contributed by atoms with Crippen molar-refractivity contribution in [2.24, 2.45) is 0 Å². The van der Waals surface area contributed by atoms with Gasteiger partial charge >= 0.3 is 0 Å². The molecule has 1 aromatic heterocycles. The van der Waals surface area contributed by atoms with Gasteiger partial charge in [-0.25, -0.2) is 0 Å². The van der Waals surface area contributed by atoms with E-state index >= 15 is 0 Å². The van der Waals surface area contributed by atoms with Crippen LogP contribution in [0.15, 0.2) is 29.1 Å². The van der Waals surface area contributed by atoms with Crippen LogP contribution in [0, 0.1) is 18.3 Å². The molecule has 5 heteroatoms. The molecule has 0 bridgehead atoms. The molecule has 1 aromatic carbocycles. The fraction of sp³-hybridized carbons (Fsp3) is 0.250. The summed E-state index contributed by atoms with van der Waals surface area (Å²) in [4.78, 5) is 14.6. The van der Waals surface area contributed by atoms with Gasteiger partial charge in [-0.3, -0.25) is 4.79 Å². The first kappa shape index (κ1) is 14.7. The standard InChI is InChI=1S/C16H16N2O3/c1-4-21-15-11(6-5-7-14(15)20-3)12-8-10(2)18-16(19)13(12)9-17/h5-8H,4H2,1-3H3,(H,18,19). The van der Waals surface area contributed by atoms with E-state index in [1.54, 1.807) is 32.2 Å². The minimum atomic E-state index is -0.405. The smallest absolute Gasteiger partial charge is 0.266 e. The highest BCUT2D eigenvalue weighted by molar-refractivity contribution is 5.78. The van der Waals surface area contributed by atoms with Crippen LogP contribution >= 0.6 is 0 Å². The van der Waals surface area contributed by atoms with Crippen molar-refractivity contribution >= 4 is 0 Å². The van der Waals surface area contributed by atoms with Crippen LogP contribution in [-0.2, 0) is 0 Å². The predicted octanol–water partition coefficient (Wildman–Crippen LogP) is 2.63. The molecule has 2 rings (SSSR count). The van der Waals surface area contributed by atoms with E-state index in [2.05, 4.69) is 4.98 Å². The van der Waals surface area contributed by atoms with Gasteiger partial charge in [0.15, 0.2) is 11.5 Å². The number of aryl methyl sites for hydroxylation is 1. The topological polar surface area (TPSA) is 75.1 Å². The highest BCUT2D eigenvalue weighted by Gasteiger charge is 2.17. The summed E-state index contributed by atoms with van der Waals surface area (Å²) in [5.41, 5.74) is 1.55. The number of pyridine rings is 1. The molecule has 1 N–H and O–H groups in total. The Balaban J connectivity index is 2.79. The van der Waals surface area contributed by atoms with E-state index in [-0.39, 0.29) is 5.56 Å². The summed E-state index contributed by atoms with van der Waals surface area (Å²) in [5, 5.41) is 9.26. The van der Waals surface area contributed by atoms with E-state index in [1.807, 2.05) is 19.1 Å². The Morgan fingerprint density at radius 2 is 2.10 bits per heavy atom. The summed E-state index contributed by atoms with van der Waals surface area (Å²) in [5.74, 6) is 1.10. The number of nitrogens with zero attached hydrogens (tertiary/aromatic N) is 1. The van der Waals surface area contributed by atoms with E-state index in [1.165, 1.54) is 0 Å². The number of nitrogens with one attached hydrogen (secondary N) is 1. The number of para-hydroxylation sites is 1. The van der Waals surface area contributed by atoms with Gasteiger partial charge in [-0.05, 0) is 26.0 Å². The summed E-state index contributed by atoms with van der Waals surface area (Å²) in [6, 6.07) is 9.10. The number of aromatic nitrogens is 1. The fourth-order valence-electron chi connectivity index (χ4n) is 2.19. The van der Waals surface area contributed by atoms with Crippen LogP contribution in [0.3, 0.4) is 0 Å². The number of benzene rings is 1. The molecule has 0 saturated heterocycles. The minimum absolute atomic E-state index is 0.0646. The Morgan fingerprint density at radius 1 is 1.33 bits per heavy atom. The van der Waals surface area contributed by atoms with E-state index in [0.29, 0.717) is 34.9 Å². The molecular weight excluding hydrogens is 268 g/mol. The number of nitriles is 1. The zero-order chi connectivity index (χ0) is 15.4. The van der Waals surface area contributed by atoms with Crippen LogP contribution in [0.2, 0.25) is 0 Å². The maximum absolute atomic E-state index is 11.9. The second-order valence-corrected chi connectivity index (χ2v) is 4.45. The van der Waals surface area contributed by atoms with Crippen LogP contribution in [0.5, 0.6) is 11.5 Å². The van der Waals surface area contributed by atoms with Gasteiger partial charge in [0.1, 0.15) is 11.6 Å². The molecule has 108 valence electrons. The zero-order valence-electron chi connectivity index (χ0n) is 12.2. The maximum Gasteiger partial charge on any atom is 0.266 e. The number of aromatic amines is 1. The van der Waals surface area contributed by atoms with E-state index in [4.69, 9.17) is 9.47 Å². The lowest BCUT2D eigenvalue weighted by molar-refractivity contribution is 0.312.